The number of rotatable bonds is 1. The Morgan fingerprint density at radius 1 is 1.67 bits per heavy atom. The quantitative estimate of drug-likeness (QED) is 0.565. The second kappa shape index (κ2) is 3.14. The molecule has 0 amide bonds. The van der Waals surface area contributed by atoms with Crippen LogP contribution in [0.2, 0.25) is 5.02 Å². The van der Waals surface area contributed by atoms with E-state index < -0.39 is 0 Å². The van der Waals surface area contributed by atoms with Crippen molar-refractivity contribution in [3.63, 3.8) is 0 Å². The van der Waals surface area contributed by atoms with Crippen molar-refractivity contribution in [2.75, 3.05) is 6.26 Å². The molecule has 1 aromatic rings. The molecule has 0 atom stereocenters. The molecule has 1 radical (unpaired) electrons. The number of hydrogen-bond acceptors (Lipinski definition) is 1. The molecule has 0 aromatic heterocycles. The molecular weight excluding hydrogens is 152 g/mol. The summed E-state index contributed by atoms with van der Waals surface area (Å²) in [6.45, 7) is 0. The fourth-order valence-corrected chi connectivity index (χ4v) is 1.37. The number of thioether (sulfide) groups is 1. The van der Waals surface area contributed by atoms with E-state index in [2.05, 4.69) is 6.07 Å². The van der Waals surface area contributed by atoms with E-state index in [4.69, 9.17) is 11.6 Å². The van der Waals surface area contributed by atoms with Crippen LogP contribution in [0.15, 0.2) is 23.1 Å². The summed E-state index contributed by atoms with van der Waals surface area (Å²) in [7, 11) is 0. The summed E-state index contributed by atoms with van der Waals surface area (Å²) < 4.78 is 0. The van der Waals surface area contributed by atoms with Gasteiger partial charge in [0.15, 0.2) is 0 Å². The predicted octanol–water partition coefficient (Wildman–Crippen LogP) is 2.86. The highest BCUT2D eigenvalue weighted by Gasteiger charge is 1.93. The van der Waals surface area contributed by atoms with Gasteiger partial charge in [-0.25, -0.2) is 0 Å². The number of benzene rings is 1. The Bertz CT molecular complexity index is 198. The van der Waals surface area contributed by atoms with Gasteiger partial charge in [-0.1, -0.05) is 23.7 Å². The zero-order valence-corrected chi connectivity index (χ0v) is 6.59. The van der Waals surface area contributed by atoms with Crippen molar-refractivity contribution in [1.82, 2.24) is 0 Å². The summed E-state index contributed by atoms with van der Waals surface area (Å²) in [6, 6.07) is 8.61. The molecule has 0 bridgehead atoms. The van der Waals surface area contributed by atoms with Crippen molar-refractivity contribution in [3.8, 4) is 0 Å². The third-order valence-electron chi connectivity index (χ3n) is 0.990. The van der Waals surface area contributed by atoms with Crippen LogP contribution in [0.4, 0.5) is 0 Å². The van der Waals surface area contributed by atoms with Gasteiger partial charge in [-0.15, -0.1) is 11.8 Å². The molecular formula is C7H6ClS. The van der Waals surface area contributed by atoms with E-state index in [-0.39, 0.29) is 0 Å². The molecule has 0 nitrogen and oxygen atoms in total. The summed E-state index contributed by atoms with van der Waals surface area (Å²) in [5, 5.41) is 0.713. The van der Waals surface area contributed by atoms with E-state index in [9.17, 15) is 0 Å². The Kier molecular flexibility index (Phi) is 2.43. The second-order valence-corrected chi connectivity index (χ2v) is 2.78. The summed E-state index contributed by atoms with van der Waals surface area (Å²) in [4.78, 5) is 1.08. The standard InChI is InChI=1S/C7H6ClS/c1-9-7-5-3-2-4-6(7)8/h2-3,5H,1H3. The molecule has 0 aliphatic carbocycles. The van der Waals surface area contributed by atoms with Crippen LogP contribution < -0.4 is 0 Å². The molecule has 0 fully saturated rings. The topological polar surface area (TPSA) is 0 Å². The maximum Gasteiger partial charge on any atom is 0.0620 e. The lowest BCUT2D eigenvalue weighted by molar-refractivity contribution is 1.46. The van der Waals surface area contributed by atoms with Crippen LogP contribution in [0.1, 0.15) is 0 Å². The van der Waals surface area contributed by atoms with E-state index >= 15 is 0 Å². The molecule has 9 heavy (non-hydrogen) atoms. The van der Waals surface area contributed by atoms with Crippen LogP contribution >= 0.6 is 23.4 Å². The Morgan fingerprint density at radius 3 is 2.89 bits per heavy atom. The summed E-state index contributed by atoms with van der Waals surface area (Å²) >= 11 is 7.38. The summed E-state index contributed by atoms with van der Waals surface area (Å²) in [6.07, 6.45) is 2.00. The van der Waals surface area contributed by atoms with Crippen LogP contribution in [-0.2, 0) is 0 Å². The van der Waals surface area contributed by atoms with E-state index in [1.807, 2.05) is 24.5 Å². The first-order valence-corrected chi connectivity index (χ1v) is 4.15. The fourth-order valence-electron chi connectivity index (χ4n) is 0.559. The first kappa shape index (κ1) is 6.97. The molecule has 2 heteroatoms. The van der Waals surface area contributed by atoms with Gasteiger partial charge in [-0.2, -0.15) is 0 Å². The minimum Gasteiger partial charge on any atom is -0.128 e. The van der Waals surface area contributed by atoms with E-state index in [0.29, 0.717) is 5.02 Å². The van der Waals surface area contributed by atoms with Gasteiger partial charge in [-0.05, 0) is 12.3 Å². The molecule has 0 unspecified atom stereocenters. The highest BCUT2D eigenvalue weighted by Crippen LogP contribution is 2.23. The molecule has 0 heterocycles. The zero-order chi connectivity index (χ0) is 6.69. The van der Waals surface area contributed by atoms with Crippen LogP contribution in [-0.4, -0.2) is 6.26 Å². The Hall–Kier alpha value is -0.140. The third kappa shape index (κ3) is 1.63. The van der Waals surface area contributed by atoms with Gasteiger partial charge in [-0.3, -0.25) is 0 Å². The van der Waals surface area contributed by atoms with Crippen LogP contribution in [0.25, 0.3) is 0 Å². The molecule has 0 saturated heterocycles. The van der Waals surface area contributed by atoms with Gasteiger partial charge in [0.25, 0.3) is 0 Å². The van der Waals surface area contributed by atoms with Crippen molar-refractivity contribution in [2.45, 2.75) is 4.90 Å². The monoisotopic (exact) mass is 157 g/mol. The Morgan fingerprint density at radius 2 is 2.44 bits per heavy atom. The van der Waals surface area contributed by atoms with Crippen molar-refractivity contribution in [2.24, 2.45) is 0 Å². The minimum absolute atomic E-state index is 0.713. The first-order chi connectivity index (χ1) is 4.34. The lowest BCUT2D eigenvalue weighted by Gasteiger charge is -1.95. The molecule has 0 N–H and O–H groups in total. The van der Waals surface area contributed by atoms with Gasteiger partial charge >= 0.3 is 0 Å². The van der Waals surface area contributed by atoms with E-state index in [1.54, 1.807) is 11.8 Å². The molecule has 0 saturated carbocycles. The van der Waals surface area contributed by atoms with Crippen molar-refractivity contribution in [3.05, 3.63) is 29.3 Å². The van der Waals surface area contributed by atoms with Crippen LogP contribution in [0, 0.1) is 6.07 Å². The molecule has 0 aliphatic rings. The SMILES string of the molecule is CSc1ccc[c]c1Cl. The van der Waals surface area contributed by atoms with Gasteiger partial charge in [0.1, 0.15) is 0 Å². The fraction of sp³-hybridized carbons (Fsp3) is 0.143. The van der Waals surface area contributed by atoms with Gasteiger partial charge < -0.3 is 0 Å². The largest absolute Gasteiger partial charge is 0.128 e. The Balaban J connectivity index is 3.01. The minimum atomic E-state index is 0.713. The average molecular weight is 158 g/mol. The van der Waals surface area contributed by atoms with Gasteiger partial charge in [0, 0.05) is 11.0 Å². The van der Waals surface area contributed by atoms with Gasteiger partial charge in [0.2, 0.25) is 0 Å². The average Bonchev–Trinajstić information content (AvgIpc) is 1.89. The van der Waals surface area contributed by atoms with E-state index in [1.165, 1.54) is 0 Å². The highest BCUT2D eigenvalue weighted by atomic mass is 35.5. The maximum atomic E-state index is 5.75. The molecule has 0 spiro atoms. The van der Waals surface area contributed by atoms with Crippen molar-refractivity contribution in [1.29, 1.82) is 0 Å². The molecule has 47 valence electrons. The highest BCUT2D eigenvalue weighted by molar-refractivity contribution is 7.98. The lowest BCUT2D eigenvalue weighted by Crippen LogP contribution is -1.69. The first-order valence-electron chi connectivity index (χ1n) is 2.55. The molecule has 1 rings (SSSR count). The van der Waals surface area contributed by atoms with Crippen LogP contribution in [0.3, 0.4) is 0 Å². The normalized spacial score (nSPS) is 9.56. The predicted molar refractivity (Wildman–Crippen MR) is 42.1 cm³/mol. The Labute approximate surface area is 64.2 Å². The van der Waals surface area contributed by atoms with Gasteiger partial charge in [0.05, 0.1) is 5.02 Å². The van der Waals surface area contributed by atoms with Crippen molar-refractivity contribution >= 4 is 23.4 Å². The van der Waals surface area contributed by atoms with E-state index in [0.717, 1.165) is 4.90 Å². The van der Waals surface area contributed by atoms with Crippen molar-refractivity contribution < 1.29 is 0 Å². The number of halogens is 1. The zero-order valence-electron chi connectivity index (χ0n) is 5.02. The molecule has 1 aromatic carbocycles. The third-order valence-corrected chi connectivity index (χ3v) is 2.19. The lowest BCUT2D eigenvalue weighted by atomic mass is 10.4. The smallest absolute Gasteiger partial charge is 0.0620 e. The summed E-state index contributed by atoms with van der Waals surface area (Å²) in [5.74, 6) is 0. The second-order valence-electron chi connectivity index (χ2n) is 1.55. The number of hydrogen-bond donors (Lipinski definition) is 0. The maximum absolute atomic E-state index is 5.75. The summed E-state index contributed by atoms with van der Waals surface area (Å²) in [5.41, 5.74) is 0. The van der Waals surface area contributed by atoms with Crippen LogP contribution in [0.5, 0.6) is 0 Å². The molecule has 0 aliphatic heterocycles.